The predicted octanol–water partition coefficient (Wildman–Crippen LogP) is 4.99. The van der Waals surface area contributed by atoms with E-state index >= 15 is 0 Å². The molecule has 1 N–H and O–H groups in total. The number of rotatable bonds is 6. The zero-order valence-electron chi connectivity index (χ0n) is 15.8. The Hall–Kier alpha value is -2.05. The zero-order valence-corrected chi connectivity index (χ0v) is 15.8. The third kappa shape index (κ3) is 5.97. The van der Waals surface area contributed by atoms with Gasteiger partial charge < -0.3 is 14.7 Å². The van der Waals surface area contributed by atoms with Gasteiger partial charge in [-0.15, -0.1) is 0 Å². The molecule has 2 aromatic rings. The van der Waals surface area contributed by atoms with Crippen molar-refractivity contribution in [1.82, 2.24) is 4.90 Å². The van der Waals surface area contributed by atoms with Gasteiger partial charge in [-0.1, -0.05) is 37.1 Å². The summed E-state index contributed by atoms with van der Waals surface area (Å²) in [4.78, 5) is 2.29. The number of hydrogen-bond donors (Lipinski definition) is 1. The third-order valence-corrected chi connectivity index (χ3v) is 5.01. The van der Waals surface area contributed by atoms with Gasteiger partial charge in [-0.05, 0) is 61.3 Å². The minimum Gasteiger partial charge on any atom is -0.491 e. The van der Waals surface area contributed by atoms with E-state index in [1.54, 1.807) is 24.3 Å². The highest BCUT2D eigenvalue weighted by atomic mass is 19.4. The number of nitrogens with zero attached hydrogens (tertiary/aromatic N) is 1. The van der Waals surface area contributed by atoms with Crippen LogP contribution in [-0.4, -0.2) is 42.4 Å². The molecule has 28 heavy (non-hydrogen) atoms. The summed E-state index contributed by atoms with van der Waals surface area (Å²) in [5, 5.41) is 10.2. The zero-order chi connectivity index (χ0) is 20.0. The first-order valence-electron chi connectivity index (χ1n) is 9.73. The quantitative estimate of drug-likeness (QED) is 0.751. The van der Waals surface area contributed by atoms with Crippen molar-refractivity contribution in [3.63, 3.8) is 0 Å². The van der Waals surface area contributed by atoms with E-state index in [-0.39, 0.29) is 6.61 Å². The molecule has 6 heteroatoms. The SMILES string of the molecule is OC(COc1ccc(-c2ccc(C(F)(F)F)cc2)cc1)CN1CCCCCC1. The average Bonchev–Trinajstić information content (AvgIpc) is 2.95. The van der Waals surface area contributed by atoms with Gasteiger partial charge in [0.2, 0.25) is 0 Å². The summed E-state index contributed by atoms with van der Waals surface area (Å²) in [6.45, 7) is 2.89. The molecule has 3 rings (SSSR count). The van der Waals surface area contributed by atoms with Gasteiger partial charge in [-0.25, -0.2) is 0 Å². The van der Waals surface area contributed by atoms with Crippen molar-refractivity contribution < 1.29 is 23.0 Å². The van der Waals surface area contributed by atoms with Crippen LogP contribution in [0.1, 0.15) is 31.2 Å². The van der Waals surface area contributed by atoms with Crippen LogP contribution in [0, 0.1) is 0 Å². The van der Waals surface area contributed by atoms with Gasteiger partial charge in [-0.2, -0.15) is 13.2 Å². The van der Waals surface area contributed by atoms with Crippen LogP contribution >= 0.6 is 0 Å². The fourth-order valence-electron chi connectivity index (χ4n) is 3.46. The van der Waals surface area contributed by atoms with Crippen molar-refractivity contribution in [2.24, 2.45) is 0 Å². The third-order valence-electron chi connectivity index (χ3n) is 5.01. The van der Waals surface area contributed by atoms with E-state index in [0.29, 0.717) is 17.9 Å². The number of aliphatic hydroxyl groups is 1. The molecule has 2 aromatic carbocycles. The standard InChI is InChI=1S/C22H26F3NO2/c23-22(24,25)19-9-5-17(6-10-19)18-7-11-21(12-8-18)28-16-20(27)15-26-13-3-1-2-4-14-26/h5-12,20,27H,1-4,13-16H2. The molecular formula is C22H26F3NO2. The second-order valence-electron chi connectivity index (χ2n) is 7.28. The Morgan fingerprint density at radius 1 is 0.857 bits per heavy atom. The summed E-state index contributed by atoms with van der Waals surface area (Å²) in [6.07, 6.45) is -0.00169. The van der Waals surface area contributed by atoms with E-state index in [1.165, 1.54) is 37.8 Å². The molecule has 0 aliphatic carbocycles. The van der Waals surface area contributed by atoms with Crippen molar-refractivity contribution in [2.45, 2.75) is 38.0 Å². The molecule has 1 saturated heterocycles. The number of halogens is 3. The lowest BCUT2D eigenvalue weighted by molar-refractivity contribution is -0.137. The van der Waals surface area contributed by atoms with Gasteiger partial charge in [-0.3, -0.25) is 0 Å². The minimum atomic E-state index is -4.33. The molecule has 0 radical (unpaired) electrons. The summed E-state index contributed by atoms with van der Waals surface area (Å²) >= 11 is 0. The van der Waals surface area contributed by atoms with Crippen molar-refractivity contribution in [3.05, 3.63) is 54.1 Å². The van der Waals surface area contributed by atoms with E-state index in [2.05, 4.69) is 4.90 Å². The minimum absolute atomic E-state index is 0.218. The number of alkyl halides is 3. The Morgan fingerprint density at radius 2 is 1.39 bits per heavy atom. The van der Waals surface area contributed by atoms with Crippen LogP contribution in [0.25, 0.3) is 11.1 Å². The molecule has 0 bridgehead atoms. The molecule has 152 valence electrons. The lowest BCUT2D eigenvalue weighted by Gasteiger charge is -2.23. The van der Waals surface area contributed by atoms with Gasteiger partial charge in [0.1, 0.15) is 18.5 Å². The number of ether oxygens (including phenoxy) is 1. The summed E-state index contributed by atoms with van der Waals surface area (Å²) in [5.74, 6) is 0.630. The van der Waals surface area contributed by atoms with Crippen molar-refractivity contribution >= 4 is 0 Å². The number of aliphatic hydroxyl groups excluding tert-OH is 1. The second kappa shape index (κ2) is 9.43. The summed E-state index contributed by atoms with van der Waals surface area (Å²) in [5.41, 5.74) is 0.863. The fourth-order valence-corrected chi connectivity index (χ4v) is 3.46. The highest BCUT2D eigenvalue weighted by Crippen LogP contribution is 2.31. The van der Waals surface area contributed by atoms with Crippen molar-refractivity contribution in [3.8, 4) is 16.9 Å². The van der Waals surface area contributed by atoms with Crippen LogP contribution in [0.15, 0.2) is 48.5 Å². The number of likely N-dealkylation sites (tertiary alicyclic amines) is 1. The molecule has 1 fully saturated rings. The Labute approximate surface area is 163 Å². The van der Waals surface area contributed by atoms with Gasteiger partial charge in [0.15, 0.2) is 0 Å². The molecule has 0 spiro atoms. The van der Waals surface area contributed by atoms with Gasteiger partial charge in [0.05, 0.1) is 5.56 Å². The molecule has 0 amide bonds. The highest BCUT2D eigenvalue weighted by molar-refractivity contribution is 5.64. The topological polar surface area (TPSA) is 32.7 Å². The number of benzene rings is 2. The lowest BCUT2D eigenvalue weighted by Crippen LogP contribution is -2.36. The smallest absolute Gasteiger partial charge is 0.416 e. The monoisotopic (exact) mass is 393 g/mol. The van der Waals surface area contributed by atoms with Crippen LogP contribution in [-0.2, 0) is 6.18 Å². The summed E-state index contributed by atoms with van der Waals surface area (Å²) < 4.78 is 43.6. The van der Waals surface area contributed by atoms with Gasteiger partial charge in [0, 0.05) is 6.54 Å². The maximum absolute atomic E-state index is 12.7. The summed E-state index contributed by atoms with van der Waals surface area (Å²) in [7, 11) is 0. The van der Waals surface area contributed by atoms with Gasteiger partial charge >= 0.3 is 6.18 Å². The summed E-state index contributed by atoms with van der Waals surface area (Å²) in [6, 6.07) is 12.2. The predicted molar refractivity (Wildman–Crippen MR) is 103 cm³/mol. The molecule has 3 nitrogen and oxygen atoms in total. The Bertz CT molecular complexity index is 721. The number of β-amino-alcohol motifs (C(OH)–C–C–N with tert-alkyl or cyclic N) is 1. The van der Waals surface area contributed by atoms with E-state index in [1.807, 2.05) is 0 Å². The molecule has 0 aromatic heterocycles. The largest absolute Gasteiger partial charge is 0.491 e. The van der Waals surface area contributed by atoms with Crippen molar-refractivity contribution in [2.75, 3.05) is 26.2 Å². The first kappa shape index (κ1) is 20.7. The molecular weight excluding hydrogens is 367 g/mol. The normalized spacial score (nSPS) is 17.1. The maximum Gasteiger partial charge on any atom is 0.416 e. The molecule has 1 atom stereocenters. The van der Waals surface area contributed by atoms with Gasteiger partial charge in [0.25, 0.3) is 0 Å². The maximum atomic E-state index is 12.7. The number of hydrogen-bond acceptors (Lipinski definition) is 3. The van der Waals surface area contributed by atoms with Crippen molar-refractivity contribution in [1.29, 1.82) is 0 Å². The molecule has 1 aliphatic heterocycles. The Kier molecular flexibility index (Phi) is 6.97. The van der Waals surface area contributed by atoms with Crippen LogP contribution in [0.2, 0.25) is 0 Å². The lowest BCUT2D eigenvalue weighted by atomic mass is 10.0. The molecule has 1 heterocycles. The molecule has 1 unspecified atom stereocenters. The van der Waals surface area contributed by atoms with E-state index in [0.717, 1.165) is 30.8 Å². The average molecular weight is 393 g/mol. The highest BCUT2D eigenvalue weighted by Gasteiger charge is 2.29. The first-order valence-corrected chi connectivity index (χ1v) is 9.73. The Morgan fingerprint density at radius 3 is 1.93 bits per heavy atom. The van der Waals surface area contributed by atoms with Crippen LogP contribution < -0.4 is 4.74 Å². The van der Waals surface area contributed by atoms with Crippen LogP contribution in [0.4, 0.5) is 13.2 Å². The Balaban J connectivity index is 1.51. The molecule has 1 aliphatic rings. The molecule has 0 saturated carbocycles. The van der Waals surface area contributed by atoms with E-state index in [4.69, 9.17) is 4.74 Å². The fraction of sp³-hybridized carbons (Fsp3) is 0.455. The van der Waals surface area contributed by atoms with E-state index in [9.17, 15) is 18.3 Å². The van der Waals surface area contributed by atoms with E-state index < -0.39 is 17.8 Å². The second-order valence-corrected chi connectivity index (χ2v) is 7.28. The van der Waals surface area contributed by atoms with Crippen LogP contribution in [0.5, 0.6) is 5.75 Å². The van der Waals surface area contributed by atoms with Crippen LogP contribution in [0.3, 0.4) is 0 Å². The first-order chi connectivity index (χ1) is 13.4.